The molecule has 0 aromatic heterocycles. The largest absolute Gasteiger partial charge is 0.462 e. The molecule has 0 saturated carbocycles. The zero-order valence-electron chi connectivity index (χ0n) is 44.3. The molecule has 388 valence electrons. The topological polar surface area (TPSA) is 78.9 Å². The Kier molecular flexibility index (Phi) is 52.5. The summed E-state index contributed by atoms with van der Waals surface area (Å²) < 4.78 is 16.8. The van der Waals surface area contributed by atoms with Crippen molar-refractivity contribution in [1.29, 1.82) is 0 Å². The summed E-state index contributed by atoms with van der Waals surface area (Å²) in [5.41, 5.74) is 0. The van der Waals surface area contributed by atoms with Gasteiger partial charge in [0.05, 0.1) is 0 Å². The van der Waals surface area contributed by atoms with Crippen molar-refractivity contribution in [2.75, 3.05) is 13.2 Å². The molecule has 0 aliphatic rings. The van der Waals surface area contributed by atoms with Gasteiger partial charge < -0.3 is 14.2 Å². The maximum absolute atomic E-state index is 12.8. The molecule has 0 aliphatic carbocycles. The van der Waals surface area contributed by atoms with E-state index in [9.17, 15) is 14.4 Å². The van der Waals surface area contributed by atoms with E-state index in [1.807, 2.05) is 0 Å². The first-order valence-electron chi connectivity index (χ1n) is 27.7. The van der Waals surface area contributed by atoms with Gasteiger partial charge in [0.15, 0.2) is 6.10 Å². The highest BCUT2D eigenvalue weighted by atomic mass is 16.6. The maximum atomic E-state index is 12.8. The third-order valence-electron chi connectivity index (χ3n) is 11.1. The van der Waals surface area contributed by atoms with Crippen molar-refractivity contribution < 1.29 is 28.6 Å². The lowest BCUT2D eigenvalue weighted by atomic mass is 10.1. The number of esters is 3. The van der Waals surface area contributed by atoms with Gasteiger partial charge in [-0.15, -0.1) is 0 Å². The smallest absolute Gasteiger partial charge is 0.306 e. The summed E-state index contributed by atoms with van der Waals surface area (Å²) in [4.78, 5) is 38.1. The number of carbonyl (C=O) groups excluding carboxylic acids is 3. The van der Waals surface area contributed by atoms with Crippen LogP contribution in [0.5, 0.6) is 0 Å². The number of hydrogen-bond donors (Lipinski definition) is 0. The summed E-state index contributed by atoms with van der Waals surface area (Å²) in [6.45, 7) is 6.24. The first kappa shape index (κ1) is 64.5. The van der Waals surface area contributed by atoms with Crippen LogP contribution in [-0.2, 0) is 28.6 Å². The number of carbonyl (C=O) groups is 3. The van der Waals surface area contributed by atoms with Crippen LogP contribution in [0.25, 0.3) is 0 Å². The fourth-order valence-corrected chi connectivity index (χ4v) is 7.08. The van der Waals surface area contributed by atoms with Crippen molar-refractivity contribution in [3.63, 3.8) is 0 Å². The van der Waals surface area contributed by atoms with Crippen LogP contribution in [0, 0.1) is 0 Å². The second-order valence-corrected chi connectivity index (χ2v) is 17.7. The van der Waals surface area contributed by atoms with E-state index in [-0.39, 0.29) is 31.1 Å². The third kappa shape index (κ3) is 54.4. The Morgan fingerprint density at radius 3 is 0.826 bits per heavy atom. The van der Waals surface area contributed by atoms with Gasteiger partial charge in [-0.3, -0.25) is 14.4 Å². The first-order chi connectivity index (χ1) is 34.0. The van der Waals surface area contributed by atoms with E-state index in [1.54, 1.807) is 0 Å². The molecular weight excluding hydrogens is 853 g/mol. The van der Waals surface area contributed by atoms with E-state index in [0.717, 1.165) is 161 Å². The number of hydrogen-bond acceptors (Lipinski definition) is 6. The van der Waals surface area contributed by atoms with Crippen molar-refractivity contribution in [1.82, 2.24) is 0 Å². The molecule has 0 bridgehead atoms. The quantitative estimate of drug-likeness (QED) is 0.0262. The predicted molar refractivity (Wildman–Crippen MR) is 297 cm³/mol. The van der Waals surface area contributed by atoms with Gasteiger partial charge >= 0.3 is 17.9 Å². The van der Waals surface area contributed by atoms with Crippen molar-refractivity contribution in [3.8, 4) is 0 Å². The molecule has 6 heteroatoms. The fraction of sp³-hybridized carbons (Fsp3) is 0.603. The molecule has 0 aromatic rings. The summed E-state index contributed by atoms with van der Waals surface area (Å²) in [5.74, 6) is -0.969. The molecule has 0 rings (SSSR count). The Bertz CT molecular complexity index is 1510. The highest BCUT2D eigenvalue weighted by Gasteiger charge is 2.19. The van der Waals surface area contributed by atoms with Gasteiger partial charge in [0, 0.05) is 19.3 Å². The lowest BCUT2D eigenvalue weighted by Crippen LogP contribution is -2.30. The van der Waals surface area contributed by atoms with Gasteiger partial charge in [-0.05, 0) is 128 Å². The van der Waals surface area contributed by atoms with Crippen LogP contribution < -0.4 is 0 Å². The van der Waals surface area contributed by atoms with Gasteiger partial charge in [-0.1, -0.05) is 212 Å². The van der Waals surface area contributed by atoms with Crippen LogP contribution in [0.2, 0.25) is 0 Å². The molecule has 0 spiro atoms. The SMILES string of the molecule is CC/C=C\C/C=C\C/C=C\C/C=C\C/C=C\CCCCCC(=O)OCC(COC(=O)CCCCCCCC/C=C\C/C=C\C/C=C\CC)OC(=O)CCCCCCCC/C=C\C/C=C\C/C=C\CC. The van der Waals surface area contributed by atoms with Gasteiger partial charge in [-0.2, -0.15) is 0 Å². The van der Waals surface area contributed by atoms with Crippen molar-refractivity contribution in [2.45, 2.75) is 232 Å². The van der Waals surface area contributed by atoms with Crippen LogP contribution in [0.4, 0.5) is 0 Å². The molecule has 0 saturated heterocycles. The molecule has 69 heavy (non-hydrogen) atoms. The molecule has 1 atom stereocenters. The summed E-state index contributed by atoms with van der Waals surface area (Å²) in [6.07, 6.45) is 78.6. The van der Waals surface area contributed by atoms with Gasteiger partial charge in [0.25, 0.3) is 0 Å². The zero-order valence-corrected chi connectivity index (χ0v) is 44.3. The van der Waals surface area contributed by atoms with Gasteiger partial charge in [-0.25, -0.2) is 0 Å². The summed E-state index contributed by atoms with van der Waals surface area (Å²) in [5, 5.41) is 0. The Morgan fingerprint density at radius 2 is 0.522 bits per heavy atom. The Hall–Kier alpha value is -4.45. The molecule has 0 fully saturated rings. The van der Waals surface area contributed by atoms with E-state index in [0.29, 0.717) is 19.3 Å². The Morgan fingerprint density at radius 1 is 0.290 bits per heavy atom. The molecule has 0 aromatic carbocycles. The fourth-order valence-electron chi connectivity index (χ4n) is 7.08. The van der Waals surface area contributed by atoms with E-state index >= 15 is 0 Å². The zero-order chi connectivity index (χ0) is 50.0. The average Bonchev–Trinajstić information content (AvgIpc) is 3.35. The number of allylic oxidation sites excluding steroid dienone is 22. The molecule has 0 radical (unpaired) electrons. The minimum Gasteiger partial charge on any atom is -0.462 e. The van der Waals surface area contributed by atoms with Crippen molar-refractivity contribution in [3.05, 3.63) is 134 Å². The summed E-state index contributed by atoms with van der Waals surface area (Å²) in [6, 6.07) is 0. The lowest BCUT2D eigenvalue weighted by Gasteiger charge is -2.18. The molecule has 0 N–H and O–H groups in total. The third-order valence-corrected chi connectivity index (χ3v) is 11.1. The van der Waals surface area contributed by atoms with Crippen molar-refractivity contribution >= 4 is 17.9 Å². The second kappa shape index (κ2) is 56.1. The predicted octanol–water partition coefficient (Wildman–Crippen LogP) is 18.6. The second-order valence-electron chi connectivity index (χ2n) is 17.7. The van der Waals surface area contributed by atoms with E-state index in [4.69, 9.17) is 14.2 Å². The van der Waals surface area contributed by atoms with E-state index in [1.165, 1.54) is 25.7 Å². The molecule has 0 aliphatic heterocycles. The van der Waals surface area contributed by atoms with Crippen LogP contribution in [0.3, 0.4) is 0 Å². The maximum Gasteiger partial charge on any atom is 0.306 e. The molecule has 0 heterocycles. The molecule has 6 nitrogen and oxygen atoms in total. The molecule has 1 unspecified atom stereocenters. The highest BCUT2D eigenvalue weighted by Crippen LogP contribution is 2.13. The van der Waals surface area contributed by atoms with Crippen LogP contribution in [0.15, 0.2) is 134 Å². The van der Waals surface area contributed by atoms with Gasteiger partial charge in [0.2, 0.25) is 0 Å². The molecule has 0 amide bonds. The van der Waals surface area contributed by atoms with Crippen LogP contribution in [-0.4, -0.2) is 37.2 Å². The van der Waals surface area contributed by atoms with Gasteiger partial charge in [0.1, 0.15) is 13.2 Å². The standard InChI is InChI=1S/C63H100O6/c1-4-7-10-13-16-19-22-25-28-31-32-33-36-38-41-44-47-50-53-56-62(65)68-59-60(69-63(66)57-54-51-48-45-42-39-35-30-27-24-21-18-15-12-9-6-3)58-67-61(64)55-52-49-46-43-40-37-34-29-26-23-20-17-14-11-8-5-2/h7-12,16-21,25-30,32-33,38,41,60H,4-6,13-15,22-24,31,34-37,39-40,42-59H2,1-3H3/b10-7-,11-8-,12-9-,19-16-,20-17-,21-18-,28-25-,29-26-,30-27-,33-32-,41-38-. The van der Waals surface area contributed by atoms with Crippen LogP contribution in [0.1, 0.15) is 226 Å². The number of unbranched alkanes of at least 4 members (excludes halogenated alkanes) is 15. The first-order valence-corrected chi connectivity index (χ1v) is 27.7. The minimum atomic E-state index is -0.810. The number of ether oxygens (including phenoxy) is 3. The normalized spacial score (nSPS) is 13.1. The van der Waals surface area contributed by atoms with E-state index < -0.39 is 6.10 Å². The molecular formula is C63H100O6. The average molecular weight is 953 g/mol. The Labute approximate surface area is 424 Å². The minimum absolute atomic E-state index is 0.106. The Balaban J connectivity index is 4.52. The lowest BCUT2D eigenvalue weighted by molar-refractivity contribution is -0.167. The summed E-state index contributed by atoms with van der Waals surface area (Å²) in [7, 11) is 0. The van der Waals surface area contributed by atoms with Crippen molar-refractivity contribution in [2.24, 2.45) is 0 Å². The number of rotatable bonds is 48. The van der Waals surface area contributed by atoms with Crippen LogP contribution >= 0.6 is 0 Å². The van der Waals surface area contributed by atoms with E-state index in [2.05, 4.69) is 154 Å². The monoisotopic (exact) mass is 953 g/mol. The summed E-state index contributed by atoms with van der Waals surface area (Å²) >= 11 is 0. The highest BCUT2D eigenvalue weighted by molar-refractivity contribution is 5.71.